The highest BCUT2D eigenvalue weighted by molar-refractivity contribution is 6.62. The fraction of sp³-hybridized carbons (Fsp3) is 0.462. The van der Waals surface area contributed by atoms with Crippen LogP contribution in [0.3, 0.4) is 0 Å². The maximum atomic E-state index is 12.9. The summed E-state index contributed by atoms with van der Waals surface area (Å²) in [4.78, 5) is 25.4. The Morgan fingerprint density at radius 2 is 1.63 bits per heavy atom. The lowest BCUT2D eigenvalue weighted by atomic mass is 9.78. The molecule has 9 heteroatoms. The second-order valence-corrected chi connectivity index (χ2v) is 10.4. The minimum absolute atomic E-state index is 0.0408. The molecule has 1 aliphatic rings. The third-order valence-electron chi connectivity index (χ3n) is 6.37. The van der Waals surface area contributed by atoms with Crippen LogP contribution in [0.2, 0.25) is 5.02 Å². The molecule has 0 aromatic heterocycles. The van der Waals surface area contributed by atoms with E-state index in [0.29, 0.717) is 22.8 Å². The van der Waals surface area contributed by atoms with Gasteiger partial charge in [-0.15, -0.1) is 0 Å². The van der Waals surface area contributed by atoms with Crippen LogP contribution < -0.4 is 20.8 Å². The lowest BCUT2D eigenvalue weighted by Crippen LogP contribution is -2.47. The molecule has 2 aromatic carbocycles. The van der Waals surface area contributed by atoms with Crippen LogP contribution in [0.15, 0.2) is 42.5 Å². The normalized spacial score (nSPS) is 17.2. The van der Waals surface area contributed by atoms with E-state index in [1.165, 1.54) is 13.1 Å². The van der Waals surface area contributed by atoms with Gasteiger partial charge in [0.25, 0.3) is 5.91 Å². The summed E-state index contributed by atoms with van der Waals surface area (Å²) in [7, 11) is 1.08. The molecule has 2 amide bonds. The van der Waals surface area contributed by atoms with Gasteiger partial charge in [0.15, 0.2) is 0 Å². The standard InChI is InChI=1S/C26H34BClN2O5/c1-16(2)33-22-13-10-18(15-20(22)28)23(31)30-21(24(32)29-7)14-17-8-11-19(12-9-17)27-34-25(3,4)26(5,6)35-27/h8-13,15-16,21H,14H2,1-7H3,(H,29,32)(H,30,31). The Morgan fingerprint density at radius 1 is 1.03 bits per heavy atom. The number of rotatable bonds is 8. The first-order valence-corrected chi connectivity index (χ1v) is 12.1. The molecule has 2 aromatic rings. The highest BCUT2D eigenvalue weighted by Crippen LogP contribution is 2.36. The van der Waals surface area contributed by atoms with Crippen LogP contribution in [0, 0.1) is 0 Å². The van der Waals surface area contributed by atoms with Gasteiger partial charge in [-0.1, -0.05) is 35.9 Å². The number of hydrogen-bond donors (Lipinski definition) is 2. The number of ether oxygens (including phenoxy) is 1. The minimum atomic E-state index is -0.763. The van der Waals surface area contributed by atoms with Crippen LogP contribution in [0.1, 0.15) is 57.5 Å². The lowest BCUT2D eigenvalue weighted by molar-refractivity contribution is -0.122. The van der Waals surface area contributed by atoms with Crippen LogP contribution in [0.5, 0.6) is 5.75 Å². The number of carbonyl (C=O) groups excluding carboxylic acids is 2. The molecule has 188 valence electrons. The van der Waals surface area contributed by atoms with Gasteiger partial charge >= 0.3 is 7.12 Å². The Labute approximate surface area is 213 Å². The van der Waals surface area contributed by atoms with Gasteiger partial charge in [0.1, 0.15) is 11.8 Å². The first kappa shape index (κ1) is 27.0. The molecule has 0 radical (unpaired) electrons. The van der Waals surface area contributed by atoms with E-state index >= 15 is 0 Å². The lowest BCUT2D eigenvalue weighted by Gasteiger charge is -2.32. The molecule has 2 N–H and O–H groups in total. The van der Waals surface area contributed by atoms with Gasteiger partial charge in [0.2, 0.25) is 5.91 Å². The zero-order valence-electron chi connectivity index (χ0n) is 21.4. The van der Waals surface area contributed by atoms with Crippen molar-refractivity contribution in [1.29, 1.82) is 0 Å². The van der Waals surface area contributed by atoms with Crippen molar-refractivity contribution in [2.75, 3.05) is 7.05 Å². The second-order valence-electron chi connectivity index (χ2n) is 9.99. The summed E-state index contributed by atoms with van der Waals surface area (Å²) < 4.78 is 17.8. The maximum absolute atomic E-state index is 12.9. The molecule has 0 saturated carbocycles. The van der Waals surface area contributed by atoms with Gasteiger partial charge in [-0.3, -0.25) is 9.59 Å². The molecule has 35 heavy (non-hydrogen) atoms. The largest absolute Gasteiger partial charge is 0.494 e. The number of nitrogens with one attached hydrogen (secondary N) is 2. The number of carbonyl (C=O) groups is 2. The predicted octanol–water partition coefficient (Wildman–Crippen LogP) is 3.51. The summed E-state index contributed by atoms with van der Waals surface area (Å²) in [5, 5.41) is 5.76. The summed E-state index contributed by atoms with van der Waals surface area (Å²) in [6.07, 6.45) is 0.276. The monoisotopic (exact) mass is 500 g/mol. The van der Waals surface area contributed by atoms with Crippen molar-refractivity contribution in [3.05, 3.63) is 58.6 Å². The van der Waals surface area contributed by atoms with E-state index in [0.717, 1.165) is 11.0 Å². The van der Waals surface area contributed by atoms with Crippen molar-refractivity contribution >= 4 is 36.0 Å². The Hall–Kier alpha value is -2.55. The zero-order valence-corrected chi connectivity index (χ0v) is 22.2. The minimum Gasteiger partial charge on any atom is -0.489 e. The number of likely N-dealkylation sites (N-methyl/N-ethyl adjacent to an activating group) is 1. The quantitative estimate of drug-likeness (QED) is 0.542. The first-order valence-electron chi connectivity index (χ1n) is 11.8. The molecule has 1 atom stereocenters. The Kier molecular flexibility index (Phi) is 8.19. The molecule has 0 bridgehead atoms. The molecule has 1 aliphatic heterocycles. The van der Waals surface area contributed by atoms with Crippen molar-refractivity contribution < 1.29 is 23.6 Å². The molecule has 1 saturated heterocycles. The summed E-state index contributed by atoms with van der Waals surface area (Å²) in [5.41, 5.74) is 1.28. The van der Waals surface area contributed by atoms with Gasteiger partial charge in [0, 0.05) is 19.0 Å². The second kappa shape index (κ2) is 10.6. The SMILES string of the molecule is CNC(=O)C(Cc1ccc(B2OC(C)(C)C(C)(C)O2)cc1)NC(=O)c1ccc(OC(C)C)c(Cl)c1. The third kappa shape index (κ3) is 6.37. The first-order chi connectivity index (χ1) is 16.3. The summed E-state index contributed by atoms with van der Waals surface area (Å²) in [6.45, 7) is 11.8. The molecular formula is C26H34BClN2O5. The van der Waals surface area contributed by atoms with Crippen LogP contribution in [0.25, 0.3) is 0 Å². The van der Waals surface area contributed by atoms with Crippen molar-refractivity contribution in [2.45, 2.75) is 71.3 Å². The average Bonchev–Trinajstić information content (AvgIpc) is 3.01. The van der Waals surface area contributed by atoms with E-state index in [1.807, 2.05) is 65.8 Å². The van der Waals surface area contributed by atoms with Crippen molar-refractivity contribution in [3.63, 3.8) is 0 Å². The van der Waals surface area contributed by atoms with Crippen LogP contribution in [-0.2, 0) is 20.5 Å². The van der Waals surface area contributed by atoms with E-state index in [-0.39, 0.29) is 12.0 Å². The molecule has 0 spiro atoms. The number of halogens is 1. The fourth-order valence-corrected chi connectivity index (χ4v) is 3.87. The Morgan fingerprint density at radius 3 is 2.14 bits per heavy atom. The van der Waals surface area contributed by atoms with E-state index < -0.39 is 30.3 Å². The molecule has 1 fully saturated rings. The Bertz CT molecular complexity index is 1060. The van der Waals surface area contributed by atoms with Gasteiger partial charge in [0.05, 0.1) is 22.3 Å². The molecule has 1 unspecified atom stereocenters. The fourth-order valence-electron chi connectivity index (χ4n) is 3.64. The van der Waals surface area contributed by atoms with Gasteiger partial charge in [-0.25, -0.2) is 0 Å². The Balaban J connectivity index is 1.70. The molecular weight excluding hydrogens is 467 g/mol. The van der Waals surface area contributed by atoms with E-state index in [9.17, 15) is 9.59 Å². The summed E-state index contributed by atoms with van der Waals surface area (Å²) in [6, 6.07) is 11.7. The maximum Gasteiger partial charge on any atom is 0.494 e. The summed E-state index contributed by atoms with van der Waals surface area (Å²) >= 11 is 6.27. The zero-order chi connectivity index (χ0) is 26.0. The predicted molar refractivity (Wildman–Crippen MR) is 138 cm³/mol. The van der Waals surface area contributed by atoms with Crippen LogP contribution >= 0.6 is 11.6 Å². The number of hydrogen-bond acceptors (Lipinski definition) is 5. The molecule has 1 heterocycles. The topological polar surface area (TPSA) is 85.9 Å². The van der Waals surface area contributed by atoms with Crippen molar-refractivity contribution in [2.24, 2.45) is 0 Å². The third-order valence-corrected chi connectivity index (χ3v) is 6.67. The van der Waals surface area contributed by atoms with Gasteiger partial charge in [-0.2, -0.15) is 0 Å². The highest BCUT2D eigenvalue weighted by atomic mass is 35.5. The average molecular weight is 501 g/mol. The van der Waals surface area contributed by atoms with Crippen LogP contribution in [-0.4, -0.2) is 49.3 Å². The van der Waals surface area contributed by atoms with Gasteiger partial charge in [-0.05, 0) is 70.8 Å². The number of benzene rings is 2. The summed E-state index contributed by atoms with van der Waals surface area (Å²) in [5.74, 6) is -0.187. The van der Waals surface area contributed by atoms with E-state index in [1.54, 1.807) is 12.1 Å². The van der Waals surface area contributed by atoms with Crippen molar-refractivity contribution in [3.8, 4) is 5.75 Å². The number of amides is 2. The molecule has 3 rings (SSSR count). The molecule has 7 nitrogen and oxygen atoms in total. The smallest absolute Gasteiger partial charge is 0.489 e. The van der Waals surface area contributed by atoms with Gasteiger partial charge < -0.3 is 24.7 Å². The van der Waals surface area contributed by atoms with E-state index in [4.69, 9.17) is 25.6 Å². The van der Waals surface area contributed by atoms with Crippen molar-refractivity contribution in [1.82, 2.24) is 10.6 Å². The van der Waals surface area contributed by atoms with E-state index in [2.05, 4.69) is 10.6 Å². The highest BCUT2D eigenvalue weighted by Gasteiger charge is 2.51. The molecule has 0 aliphatic carbocycles. The van der Waals surface area contributed by atoms with Crippen LogP contribution in [0.4, 0.5) is 0 Å².